The maximum absolute atomic E-state index is 12.7. The third kappa shape index (κ3) is 3.59. The summed E-state index contributed by atoms with van der Waals surface area (Å²) in [5, 5.41) is 7.09. The van der Waals surface area contributed by atoms with Crippen molar-refractivity contribution in [2.75, 3.05) is 16.8 Å². The Hall–Kier alpha value is -2.68. The third-order valence-electron chi connectivity index (χ3n) is 4.99. The number of anilines is 1. The molecule has 1 saturated carbocycles. The minimum absolute atomic E-state index is 0.0555. The number of rotatable bonds is 5. The Morgan fingerprint density at radius 3 is 2.56 bits per heavy atom. The van der Waals surface area contributed by atoms with Gasteiger partial charge < -0.3 is 11.1 Å². The fourth-order valence-electron chi connectivity index (χ4n) is 3.46. The summed E-state index contributed by atoms with van der Waals surface area (Å²) in [5.74, 6) is -0.563. The summed E-state index contributed by atoms with van der Waals surface area (Å²) in [7, 11) is -3.05. The van der Waals surface area contributed by atoms with Gasteiger partial charge in [0.1, 0.15) is 0 Å². The van der Waals surface area contributed by atoms with Crippen molar-refractivity contribution in [2.24, 2.45) is 5.73 Å². The number of aromatic nitrogens is 2. The Morgan fingerprint density at radius 1 is 1.19 bits per heavy atom. The van der Waals surface area contributed by atoms with Gasteiger partial charge in [-0.3, -0.25) is 14.3 Å². The highest BCUT2D eigenvalue weighted by atomic mass is 32.2. The van der Waals surface area contributed by atoms with Gasteiger partial charge in [0.2, 0.25) is 0 Å². The molecule has 27 heavy (non-hydrogen) atoms. The summed E-state index contributed by atoms with van der Waals surface area (Å²) in [6, 6.07) is 7.99. The molecule has 4 rings (SSSR count). The number of nitrogens with two attached hydrogens (primary N) is 1. The van der Waals surface area contributed by atoms with E-state index in [0.717, 1.165) is 18.5 Å². The highest BCUT2D eigenvalue weighted by molar-refractivity contribution is 7.91. The number of nitrogens with one attached hydrogen (secondary N) is 1. The van der Waals surface area contributed by atoms with E-state index in [1.54, 1.807) is 28.9 Å². The van der Waals surface area contributed by atoms with Crippen LogP contribution in [0.3, 0.4) is 0 Å². The van der Waals surface area contributed by atoms with E-state index >= 15 is 0 Å². The fraction of sp³-hybridized carbons (Fsp3) is 0.389. The lowest BCUT2D eigenvalue weighted by molar-refractivity contribution is 0.100. The molecule has 1 atom stereocenters. The molecule has 0 radical (unpaired) electrons. The van der Waals surface area contributed by atoms with Gasteiger partial charge in [-0.05, 0) is 37.5 Å². The van der Waals surface area contributed by atoms with Crippen molar-refractivity contribution < 1.29 is 18.0 Å². The molecule has 1 unspecified atom stereocenters. The van der Waals surface area contributed by atoms with E-state index in [2.05, 4.69) is 10.4 Å². The standard InChI is InChI=1S/C18H20N4O4S/c19-17(23)13-3-1-2-4-14(13)20-18(24)15-9-16(11-5-6-11)22(21-15)12-7-8-27(25,26)10-12/h1-4,9,11-12H,5-8,10H2,(H2,19,23)(H,20,24). The largest absolute Gasteiger partial charge is 0.366 e. The average molecular weight is 388 g/mol. The van der Waals surface area contributed by atoms with Gasteiger partial charge in [0.05, 0.1) is 28.8 Å². The number of carbonyl (C=O) groups is 2. The number of amides is 2. The quantitative estimate of drug-likeness (QED) is 0.803. The van der Waals surface area contributed by atoms with Crippen LogP contribution in [0.15, 0.2) is 30.3 Å². The minimum Gasteiger partial charge on any atom is -0.366 e. The van der Waals surface area contributed by atoms with Crippen molar-refractivity contribution in [1.29, 1.82) is 0 Å². The highest BCUT2D eigenvalue weighted by Gasteiger charge is 2.36. The second-order valence-corrected chi connectivity index (χ2v) is 9.32. The molecule has 1 aromatic carbocycles. The molecule has 2 heterocycles. The van der Waals surface area contributed by atoms with Gasteiger partial charge in [-0.15, -0.1) is 0 Å². The first kappa shape index (κ1) is 17.7. The van der Waals surface area contributed by atoms with Gasteiger partial charge in [-0.1, -0.05) is 12.1 Å². The van der Waals surface area contributed by atoms with Crippen LogP contribution < -0.4 is 11.1 Å². The zero-order chi connectivity index (χ0) is 19.2. The van der Waals surface area contributed by atoms with E-state index in [1.165, 1.54) is 6.07 Å². The number of sulfone groups is 1. The van der Waals surface area contributed by atoms with Crippen molar-refractivity contribution in [3.63, 3.8) is 0 Å². The van der Waals surface area contributed by atoms with Crippen LogP contribution in [-0.4, -0.2) is 41.5 Å². The van der Waals surface area contributed by atoms with Crippen molar-refractivity contribution in [3.05, 3.63) is 47.3 Å². The van der Waals surface area contributed by atoms with Crippen molar-refractivity contribution >= 4 is 27.3 Å². The molecule has 1 aliphatic carbocycles. The van der Waals surface area contributed by atoms with Gasteiger partial charge in [0.15, 0.2) is 15.5 Å². The minimum atomic E-state index is -3.05. The van der Waals surface area contributed by atoms with E-state index in [4.69, 9.17) is 5.73 Å². The van der Waals surface area contributed by atoms with E-state index in [9.17, 15) is 18.0 Å². The second kappa shape index (κ2) is 6.49. The summed E-state index contributed by atoms with van der Waals surface area (Å²) in [5.41, 5.74) is 7.00. The average Bonchev–Trinajstić information content (AvgIpc) is 3.26. The number of primary amides is 1. The molecule has 2 aliphatic rings. The van der Waals surface area contributed by atoms with Crippen LogP contribution >= 0.6 is 0 Å². The molecule has 8 nitrogen and oxygen atoms in total. The number of para-hydroxylation sites is 1. The van der Waals surface area contributed by atoms with Gasteiger partial charge in [-0.2, -0.15) is 5.10 Å². The number of benzene rings is 1. The van der Waals surface area contributed by atoms with Crippen LogP contribution in [0.2, 0.25) is 0 Å². The number of nitrogens with zero attached hydrogens (tertiary/aromatic N) is 2. The smallest absolute Gasteiger partial charge is 0.276 e. The molecule has 2 fully saturated rings. The molecule has 142 valence electrons. The van der Waals surface area contributed by atoms with Crippen molar-refractivity contribution in [2.45, 2.75) is 31.2 Å². The lowest BCUT2D eigenvalue weighted by atomic mass is 10.1. The monoisotopic (exact) mass is 388 g/mol. The number of hydrogen-bond acceptors (Lipinski definition) is 5. The predicted octanol–water partition coefficient (Wildman–Crippen LogP) is 1.47. The molecule has 2 amide bonds. The van der Waals surface area contributed by atoms with E-state index in [1.807, 2.05) is 0 Å². The second-order valence-electron chi connectivity index (χ2n) is 7.09. The van der Waals surface area contributed by atoms with Crippen LogP contribution in [0.1, 0.15) is 57.8 Å². The van der Waals surface area contributed by atoms with Crippen molar-refractivity contribution in [3.8, 4) is 0 Å². The molecule has 3 N–H and O–H groups in total. The Bertz CT molecular complexity index is 1020. The molecule has 1 aromatic heterocycles. The summed E-state index contributed by atoms with van der Waals surface area (Å²) >= 11 is 0. The van der Waals surface area contributed by atoms with Gasteiger partial charge in [0.25, 0.3) is 11.8 Å². The first-order valence-corrected chi connectivity index (χ1v) is 10.7. The topological polar surface area (TPSA) is 124 Å². The van der Waals surface area contributed by atoms with Gasteiger partial charge >= 0.3 is 0 Å². The lowest BCUT2D eigenvalue weighted by Gasteiger charge is -2.12. The van der Waals surface area contributed by atoms with E-state index in [0.29, 0.717) is 18.0 Å². The normalized spacial score (nSPS) is 21.1. The fourth-order valence-corrected chi connectivity index (χ4v) is 5.15. The van der Waals surface area contributed by atoms with E-state index in [-0.39, 0.29) is 28.8 Å². The Labute approximate surface area is 156 Å². The SMILES string of the molecule is NC(=O)c1ccccc1NC(=O)c1cc(C2CC2)n(C2CCS(=O)(=O)C2)n1. The Kier molecular flexibility index (Phi) is 4.26. The Morgan fingerprint density at radius 2 is 1.93 bits per heavy atom. The van der Waals surface area contributed by atoms with Crippen LogP contribution in [0.5, 0.6) is 0 Å². The third-order valence-corrected chi connectivity index (χ3v) is 6.74. The zero-order valence-electron chi connectivity index (χ0n) is 14.6. The molecule has 0 bridgehead atoms. The lowest BCUT2D eigenvalue weighted by Crippen LogP contribution is -2.19. The number of hydrogen-bond donors (Lipinski definition) is 2. The van der Waals surface area contributed by atoms with Gasteiger partial charge in [-0.25, -0.2) is 8.42 Å². The zero-order valence-corrected chi connectivity index (χ0v) is 15.4. The number of carbonyl (C=O) groups excluding carboxylic acids is 2. The summed E-state index contributed by atoms with van der Waals surface area (Å²) < 4.78 is 25.4. The van der Waals surface area contributed by atoms with Crippen molar-refractivity contribution in [1.82, 2.24) is 9.78 Å². The molecule has 9 heteroatoms. The van der Waals surface area contributed by atoms with Crippen LogP contribution in [0.4, 0.5) is 5.69 Å². The van der Waals surface area contributed by atoms with Crippen LogP contribution in [0.25, 0.3) is 0 Å². The predicted molar refractivity (Wildman–Crippen MR) is 99.4 cm³/mol. The maximum Gasteiger partial charge on any atom is 0.276 e. The van der Waals surface area contributed by atoms with E-state index < -0.39 is 21.7 Å². The molecule has 0 spiro atoms. The van der Waals surface area contributed by atoms with Gasteiger partial charge in [0, 0.05) is 11.6 Å². The molecule has 1 aliphatic heterocycles. The summed E-state index contributed by atoms with van der Waals surface area (Å²) in [6.07, 6.45) is 2.53. The maximum atomic E-state index is 12.7. The first-order valence-electron chi connectivity index (χ1n) is 8.84. The highest BCUT2D eigenvalue weighted by Crippen LogP contribution is 2.42. The first-order chi connectivity index (χ1) is 12.8. The summed E-state index contributed by atoms with van der Waals surface area (Å²) in [4.78, 5) is 24.2. The molecule has 2 aromatic rings. The van der Waals surface area contributed by atoms with Crippen LogP contribution in [0, 0.1) is 0 Å². The Balaban J connectivity index is 1.62. The van der Waals surface area contributed by atoms with Crippen LogP contribution in [-0.2, 0) is 9.84 Å². The molecular formula is C18H20N4O4S. The molecular weight excluding hydrogens is 368 g/mol. The summed E-state index contributed by atoms with van der Waals surface area (Å²) in [6.45, 7) is 0. The molecule has 1 saturated heterocycles.